The molecule has 0 saturated heterocycles. The van der Waals surface area contributed by atoms with Crippen LogP contribution in [0.25, 0.3) is 0 Å². The third-order valence-electron chi connectivity index (χ3n) is 3.19. The molecule has 1 unspecified atom stereocenters. The van der Waals surface area contributed by atoms with Crippen LogP contribution in [0.2, 0.25) is 0 Å². The predicted octanol–water partition coefficient (Wildman–Crippen LogP) is 0.783. The minimum atomic E-state index is -3.61. The molecular formula is C16H26O7S. The lowest BCUT2D eigenvalue weighted by molar-refractivity contribution is -0.00690. The number of sulfone groups is 1. The van der Waals surface area contributed by atoms with Gasteiger partial charge in [-0.1, -0.05) is 17.7 Å². The largest absolute Gasteiger partial charge is 0.394 e. The standard InChI is InChI=1S/C16H26O7S/c1-14-3-5-15(6-4-14)24(18,19)16(20-2)13-23-12-11-22-10-9-21-8-7-17/h3-6,16-17H,7-13H2,1-2H3. The highest BCUT2D eigenvalue weighted by Crippen LogP contribution is 2.17. The van der Waals surface area contributed by atoms with E-state index in [9.17, 15) is 8.42 Å². The van der Waals surface area contributed by atoms with E-state index in [-0.39, 0.29) is 31.3 Å². The Morgan fingerprint density at radius 2 is 1.50 bits per heavy atom. The molecule has 0 aliphatic rings. The van der Waals surface area contributed by atoms with E-state index in [1.807, 2.05) is 6.92 Å². The third-order valence-corrected chi connectivity index (χ3v) is 5.14. The van der Waals surface area contributed by atoms with Gasteiger partial charge >= 0.3 is 0 Å². The van der Waals surface area contributed by atoms with Gasteiger partial charge in [-0.2, -0.15) is 0 Å². The summed E-state index contributed by atoms with van der Waals surface area (Å²) in [7, 11) is -2.27. The van der Waals surface area contributed by atoms with Crippen LogP contribution in [0, 0.1) is 6.92 Å². The molecule has 24 heavy (non-hydrogen) atoms. The fourth-order valence-electron chi connectivity index (χ4n) is 1.85. The Morgan fingerprint density at radius 1 is 0.958 bits per heavy atom. The molecule has 0 heterocycles. The van der Waals surface area contributed by atoms with Gasteiger partial charge in [-0.25, -0.2) is 8.42 Å². The van der Waals surface area contributed by atoms with Gasteiger partial charge in [0.05, 0.1) is 51.1 Å². The van der Waals surface area contributed by atoms with Gasteiger partial charge in [0.15, 0.2) is 5.44 Å². The number of aryl methyl sites for hydroxylation is 1. The van der Waals surface area contributed by atoms with Gasteiger partial charge in [-0.15, -0.1) is 0 Å². The predicted molar refractivity (Wildman–Crippen MR) is 88.7 cm³/mol. The SMILES string of the molecule is COC(COCCOCCOCCO)S(=O)(=O)c1ccc(C)cc1. The highest BCUT2D eigenvalue weighted by molar-refractivity contribution is 7.92. The van der Waals surface area contributed by atoms with E-state index in [1.54, 1.807) is 24.3 Å². The lowest BCUT2D eigenvalue weighted by Crippen LogP contribution is -2.29. The zero-order chi connectivity index (χ0) is 17.8. The van der Waals surface area contributed by atoms with Crippen LogP contribution in [-0.2, 0) is 28.8 Å². The molecule has 1 aromatic rings. The number of benzene rings is 1. The number of hydrogen-bond acceptors (Lipinski definition) is 7. The van der Waals surface area contributed by atoms with Crippen molar-refractivity contribution in [2.75, 3.05) is 53.4 Å². The van der Waals surface area contributed by atoms with Gasteiger partial charge in [-0.05, 0) is 19.1 Å². The van der Waals surface area contributed by atoms with Gasteiger partial charge in [0.2, 0.25) is 9.84 Å². The maximum absolute atomic E-state index is 12.5. The molecule has 0 bridgehead atoms. The van der Waals surface area contributed by atoms with E-state index < -0.39 is 15.3 Å². The normalized spacial score (nSPS) is 13.1. The smallest absolute Gasteiger partial charge is 0.207 e. The Hall–Kier alpha value is -1.03. The Bertz CT molecular complexity index is 542. The second-order valence-corrected chi connectivity index (χ2v) is 7.13. The molecule has 0 aliphatic heterocycles. The quantitative estimate of drug-likeness (QED) is 0.519. The van der Waals surface area contributed by atoms with Crippen LogP contribution in [0.15, 0.2) is 29.2 Å². The van der Waals surface area contributed by atoms with Crippen molar-refractivity contribution in [1.29, 1.82) is 0 Å². The molecule has 1 atom stereocenters. The van der Waals surface area contributed by atoms with Gasteiger partial charge in [0.25, 0.3) is 0 Å². The first-order valence-electron chi connectivity index (χ1n) is 7.70. The maximum atomic E-state index is 12.5. The van der Waals surface area contributed by atoms with Crippen molar-refractivity contribution in [3.8, 4) is 0 Å². The number of aliphatic hydroxyl groups excluding tert-OH is 1. The molecule has 0 amide bonds. The molecule has 7 nitrogen and oxygen atoms in total. The topological polar surface area (TPSA) is 91.3 Å². The minimum absolute atomic E-state index is 0.0169. The van der Waals surface area contributed by atoms with Crippen molar-refractivity contribution in [3.63, 3.8) is 0 Å². The molecule has 1 N–H and O–H groups in total. The summed E-state index contributed by atoms with van der Waals surface area (Å²) in [5.41, 5.74) is -0.0765. The number of ether oxygens (including phenoxy) is 4. The third kappa shape index (κ3) is 7.25. The molecule has 0 radical (unpaired) electrons. The monoisotopic (exact) mass is 362 g/mol. The first kappa shape index (κ1) is 21.0. The van der Waals surface area contributed by atoms with E-state index >= 15 is 0 Å². The molecule has 0 aromatic heterocycles. The highest BCUT2D eigenvalue weighted by Gasteiger charge is 2.27. The van der Waals surface area contributed by atoms with Crippen molar-refractivity contribution in [3.05, 3.63) is 29.8 Å². The van der Waals surface area contributed by atoms with Crippen LogP contribution in [0.3, 0.4) is 0 Å². The summed E-state index contributed by atoms with van der Waals surface area (Å²) in [6.45, 7) is 3.44. The van der Waals surface area contributed by atoms with Gasteiger partial charge in [-0.3, -0.25) is 0 Å². The second-order valence-electron chi connectivity index (χ2n) is 5.05. The van der Waals surface area contributed by atoms with E-state index in [4.69, 9.17) is 24.1 Å². The van der Waals surface area contributed by atoms with Crippen LogP contribution < -0.4 is 0 Å². The fourth-order valence-corrected chi connectivity index (χ4v) is 3.20. The van der Waals surface area contributed by atoms with Crippen molar-refractivity contribution in [2.45, 2.75) is 17.3 Å². The Balaban J connectivity index is 2.32. The molecule has 0 fully saturated rings. The lowest BCUT2D eigenvalue weighted by Gasteiger charge is -2.16. The summed E-state index contributed by atoms with van der Waals surface area (Å²) in [6.07, 6.45) is 0. The molecule has 0 saturated carbocycles. The van der Waals surface area contributed by atoms with Gasteiger partial charge in [0, 0.05) is 7.11 Å². The molecule has 8 heteroatoms. The summed E-state index contributed by atoms with van der Waals surface area (Å²) in [5, 5.41) is 8.53. The molecule has 0 aliphatic carbocycles. The maximum Gasteiger partial charge on any atom is 0.207 e. The zero-order valence-corrected chi connectivity index (χ0v) is 15.0. The fraction of sp³-hybridized carbons (Fsp3) is 0.625. The summed E-state index contributed by atoms with van der Waals surface area (Å²) >= 11 is 0. The van der Waals surface area contributed by atoms with Gasteiger partial charge < -0.3 is 24.1 Å². The first-order valence-corrected chi connectivity index (χ1v) is 9.24. The van der Waals surface area contributed by atoms with Crippen molar-refractivity contribution in [2.24, 2.45) is 0 Å². The molecule has 0 spiro atoms. The summed E-state index contributed by atoms with van der Waals surface area (Å²) in [5.74, 6) is 0. The van der Waals surface area contributed by atoms with Crippen molar-refractivity contribution < 1.29 is 32.5 Å². The Kier molecular flexibility index (Phi) is 10.1. The van der Waals surface area contributed by atoms with E-state index in [0.29, 0.717) is 19.8 Å². The summed E-state index contributed by atoms with van der Waals surface area (Å²) in [6, 6.07) is 6.61. The number of hydrogen-bond donors (Lipinski definition) is 1. The number of aliphatic hydroxyl groups is 1. The average molecular weight is 362 g/mol. The molecule has 138 valence electrons. The zero-order valence-electron chi connectivity index (χ0n) is 14.1. The van der Waals surface area contributed by atoms with Crippen LogP contribution in [0.1, 0.15) is 5.56 Å². The summed E-state index contributed by atoms with van der Waals surface area (Å²) in [4.78, 5) is 0.209. The van der Waals surface area contributed by atoms with Crippen molar-refractivity contribution >= 4 is 9.84 Å². The van der Waals surface area contributed by atoms with Gasteiger partial charge in [0.1, 0.15) is 0 Å². The van der Waals surface area contributed by atoms with Crippen LogP contribution in [0.5, 0.6) is 0 Å². The van der Waals surface area contributed by atoms with Crippen LogP contribution >= 0.6 is 0 Å². The van der Waals surface area contributed by atoms with E-state index in [2.05, 4.69) is 0 Å². The van der Waals surface area contributed by atoms with Crippen molar-refractivity contribution in [1.82, 2.24) is 0 Å². The van der Waals surface area contributed by atoms with E-state index in [0.717, 1.165) is 5.56 Å². The highest BCUT2D eigenvalue weighted by atomic mass is 32.2. The molecular weight excluding hydrogens is 336 g/mol. The minimum Gasteiger partial charge on any atom is -0.394 e. The van der Waals surface area contributed by atoms with Crippen LogP contribution in [-0.4, -0.2) is 72.3 Å². The number of methoxy groups -OCH3 is 1. The Morgan fingerprint density at radius 3 is 2.04 bits per heavy atom. The van der Waals surface area contributed by atoms with E-state index in [1.165, 1.54) is 7.11 Å². The molecule has 1 aromatic carbocycles. The second kappa shape index (κ2) is 11.5. The first-order chi connectivity index (χ1) is 11.5. The average Bonchev–Trinajstić information content (AvgIpc) is 2.57. The Labute approximate surface area is 143 Å². The van der Waals surface area contributed by atoms with Crippen LogP contribution in [0.4, 0.5) is 0 Å². The summed E-state index contributed by atoms with van der Waals surface area (Å²) < 4.78 is 45.6. The number of rotatable bonds is 13. The lowest BCUT2D eigenvalue weighted by atomic mass is 10.2. The molecule has 1 rings (SSSR count).